The average molecular weight is 371 g/mol. The molecule has 0 fully saturated rings. The van der Waals surface area contributed by atoms with Crippen LogP contribution >= 0.6 is 0 Å². The topological polar surface area (TPSA) is 50.1 Å². The smallest absolute Gasteiger partial charge is 0.311 e. The molecular weight excluding hydrogens is 353 g/mol. The van der Waals surface area contributed by atoms with Crippen molar-refractivity contribution >= 4 is 17.6 Å². The first-order chi connectivity index (χ1) is 13.7. The Morgan fingerprint density at radius 1 is 0.964 bits per heavy atom. The SMILES string of the molecule is N#C/C(=C/c1ccc(OC(=O)CCc2ccccc2)cc1)c1ccccc1F. The number of hydrogen-bond donors (Lipinski definition) is 0. The molecule has 0 saturated heterocycles. The van der Waals surface area contributed by atoms with Gasteiger partial charge in [-0.25, -0.2) is 4.39 Å². The molecule has 0 N–H and O–H groups in total. The van der Waals surface area contributed by atoms with E-state index >= 15 is 0 Å². The summed E-state index contributed by atoms with van der Waals surface area (Å²) < 4.78 is 19.2. The van der Waals surface area contributed by atoms with Gasteiger partial charge >= 0.3 is 5.97 Å². The highest BCUT2D eigenvalue weighted by Crippen LogP contribution is 2.22. The van der Waals surface area contributed by atoms with E-state index in [-0.39, 0.29) is 23.5 Å². The van der Waals surface area contributed by atoms with Crippen LogP contribution < -0.4 is 4.74 Å². The number of nitrogens with zero attached hydrogens (tertiary/aromatic N) is 1. The van der Waals surface area contributed by atoms with Crippen molar-refractivity contribution in [1.29, 1.82) is 5.26 Å². The molecule has 0 aliphatic rings. The van der Waals surface area contributed by atoms with Crippen LogP contribution in [0.4, 0.5) is 4.39 Å². The second kappa shape index (κ2) is 9.29. The molecule has 28 heavy (non-hydrogen) atoms. The molecule has 3 aromatic rings. The molecular formula is C24H18FNO2. The largest absolute Gasteiger partial charge is 0.427 e. The normalized spacial score (nSPS) is 10.9. The maximum absolute atomic E-state index is 13.9. The molecule has 4 heteroatoms. The second-order valence-corrected chi connectivity index (χ2v) is 6.18. The monoisotopic (exact) mass is 371 g/mol. The first-order valence-electron chi connectivity index (χ1n) is 8.87. The summed E-state index contributed by atoms with van der Waals surface area (Å²) in [5.41, 5.74) is 2.27. The van der Waals surface area contributed by atoms with E-state index < -0.39 is 5.82 Å². The third-order valence-electron chi connectivity index (χ3n) is 4.17. The van der Waals surface area contributed by atoms with Gasteiger partial charge in [0, 0.05) is 12.0 Å². The van der Waals surface area contributed by atoms with Crippen molar-refractivity contribution < 1.29 is 13.9 Å². The van der Waals surface area contributed by atoms with E-state index in [1.807, 2.05) is 36.4 Å². The third kappa shape index (κ3) is 5.15. The second-order valence-electron chi connectivity index (χ2n) is 6.18. The number of benzene rings is 3. The highest BCUT2D eigenvalue weighted by Gasteiger charge is 2.08. The fourth-order valence-electron chi connectivity index (χ4n) is 2.72. The predicted molar refractivity (Wildman–Crippen MR) is 107 cm³/mol. The van der Waals surface area contributed by atoms with Gasteiger partial charge in [0.15, 0.2) is 0 Å². The standard InChI is InChI=1S/C24H18FNO2/c25-23-9-5-4-8-22(23)20(17-26)16-19-10-13-21(14-11-19)28-24(27)15-12-18-6-2-1-3-7-18/h1-11,13-14,16H,12,15H2/b20-16-. The number of hydrogen-bond acceptors (Lipinski definition) is 3. The summed E-state index contributed by atoms with van der Waals surface area (Å²) in [6.45, 7) is 0. The van der Waals surface area contributed by atoms with Gasteiger partial charge in [-0.3, -0.25) is 4.79 Å². The Bertz CT molecular complexity index is 1020. The van der Waals surface area contributed by atoms with Crippen molar-refractivity contribution in [3.8, 4) is 11.8 Å². The molecule has 0 bridgehead atoms. The van der Waals surface area contributed by atoms with Crippen LogP contribution in [0.5, 0.6) is 5.75 Å². The Hall–Kier alpha value is -3.71. The molecule has 0 aliphatic heterocycles. The number of halogens is 1. The first-order valence-corrected chi connectivity index (χ1v) is 8.87. The number of allylic oxidation sites excluding steroid dienone is 1. The summed E-state index contributed by atoms with van der Waals surface area (Å²) >= 11 is 0. The summed E-state index contributed by atoms with van der Waals surface area (Å²) in [4.78, 5) is 12.0. The molecule has 0 heterocycles. The van der Waals surface area contributed by atoms with E-state index in [1.165, 1.54) is 6.07 Å². The number of carbonyl (C=O) groups excluding carboxylic acids is 1. The van der Waals surface area contributed by atoms with Crippen molar-refractivity contribution in [1.82, 2.24) is 0 Å². The molecule has 3 nitrogen and oxygen atoms in total. The van der Waals surface area contributed by atoms with E-state index in [9.17, 15) is 14.4 Å². The van der Waals surface area contributed by atoms with Crippen molar-refractivity contribution in [3.63, 3.8) is 0 Å². The number of nitriles is 1. The van der Waals surface area contributed by atoms with Gasteiger partial charge in [0.25, 0.3) is 0 Å². The number of aryl methyl sites for hydroxylation is 1. The maximum atomic E-state index is 13.9. The van der Waals surface area contributed by atoms with E-state index in [1.54, 1.807) is 48.5 Å². The van der Waals surface area contributed by atoms with Crippen LogP contribution in [-0.2, 0) is 11.2 Å². The zero-order valence-electron chi connectivity index (χ0n) is 15.1. The first kappa shape index (κ1) is 19.1. The van der Waals surface area contributed by atoms with E-state index in [0.29, 0.717) is 17.7 Å². The average Bonchev–Trinajstić information content (AvgIpc) is 2.73. The van der Waals surface area contributed by atoms with Crippen molar-refractivity contribution in [3.05, 3.63) is 101 Å². The van der Waals surface area contributed by atoms with Gasteiger partial charge in [0.1, 0.15) is 11.6 Å². The number of carbonyl (C=O) groups is 1. The van der Waals surface area contributed by atoms with E-state index in [0.717, 1.165) is 5.56 Å². The third-order valence-corrected chi connectivity index (χ3v) is 4.17. The molecule has 0 aromatic heterocycles. The quantitative estimate of drug-likeness (QED) is 0.251. The van der Waals surface area contributed by atoms with Crippen LogP contribution in [0.2, 0.25) is 0 Å². The lowest BCUT2D eigenvalue weighted by atomic mass is 10.0. The highest BCUT2D eigenvalue weighted by molar-refractivity contribution is 5.89. The summed E-state index contributed by atoms with van der Waals surface area (Å²) in [7, 11) is 0. The minimum atomic E-state index is -0.445. The van der Waals surface area contributed by atoms with Crippen molar-refractivity contribution in [2.24, 2.45) is 0 Å². The minimum Gasteiger partial charge on any atom is -0.427 e. The van der Waals surface area contributed by atoms with Gasteiger partial charge in [0.05, 0.1) is 11.6 Å². The van der Waals surface area contributed by atoms with Gasteiger partial charge < -0.3 is 4.74 Å². The van der Waals surface area contributed by atoms with Gasteiger partial charge in [-0.05, 0) is 41.8 Å². The molecule has 0 saturated carbocycles. The summed E-state index contributed by atoms with van der Waals surface area (Å²) in [6.07, 6.45) is 2.51. The van der Waals surface area contributed by atoms with Crippen molar-refractivity contribution in [2.45, 2.75) is 12.8 Å². The van der Waals surface area contributed by atoms with Crippen LogP contribution in [0.1, 0.15) is 23.1 Å². The molecule has 0 amide bonds. The van der Waals surface area contributed by atoms with Crippen LogP contribution in [0, 0.1) is 17.1 Å². The lowest BCUT2D eigenvalue weighted by molar-refractivity contribution is -0.134. The highest BCUT2D eigenvalue weighted by atomic mass is 19.1. The fraction of sp³-hybridized carbons (Fsp3) is 0.0833. The number of rotatable bonds is 6. The number of esters is 1. The zero-order valence-corrected chi connectivity index (χ0v) is 15.1. The van der Waals surface area contributed by atoms with Gasteiger partial charge in [-0.2, -0.15) is 5.26 Å². The Kier molecular flexibility index (Phi) is 6.33. The molecule has 0 radical (unpaired) electrons. The van der Waals surface area contributed by atoms with Crippen LogP contribution in [0.15, 0.2) is 78.9 Å². The molecule has 3 rings (SSSR count). The van der Waals surface area contributed by atoms with Crippen LogP contribution in [0.25, 0.3) is 11.6 Å². The molecule has 0 aliphatic carbocycles. The lowest BCUT2D eigenvalue weighted by Gasteiger charge is -2.05. The lowest BCUT2D eigenvalue weighted by Crippen LogP contribution is -2.08. The summed E-state index contributed by atoms with van der Waals surface area (Å²) in [5.74, 6) is -0.324. The molecule has 138 valence electrons. The number of ether oxygens (including phenoxy) is 1. The summed E-state index contributed by atoms with van der Waals surface area (Å²) in [5, 5.41) is 9.34. The maximum Gasteiger partial charge on any atom is 0.311 e. The summed E-state index contributed by atoms with van der Waals surface area (Å²) in [6, 6.07) is 24.7. The van der Waals surface area contributed by atoms with Gasteiger partial charge in [-0.15, -0.1) is 0 Å². The van der Waals surface area contributed by atoms with E-state index in [2.05, 4.69) is 0 Å². The Balaban J connectivity index is 1.64. The Morgan fingerprint density at radius 2 is 1.64 bits per heavy atom. The Labute approximate surface area is 163 Å². The van der Waals surface area contributed by atoms with Crippen LogP contribution in [-0.4, -0.2) is 5.97 Å². The zero-order chi connectivity index (χ0) is 19.8. The fourth-order valence-corrected chi connectivity index (χ4v) is 2.72. The van der Waals surface area contributed by atoms with Crippen LogP contribution in [0.3, 0.4) is 0 Å². The van der Waals surface area contributed by atoms with Gasteiger partial charge in [-0.1, -0.05) is 60.7 Å². The van der Waals surface area contributed by atoms with Gasteiger partial charge in [0.2, 0.25) is 0 Å². The molecule has 0 spiro atoms. The minimum absolute atomic E-state index is 0.228. The Morgan fingerprint density at radius 3 is 2.32 bits per heavy atom. The predicted octanol–water partition coefficient (Wildman–Crippen LogP) is 5.43. The molecule has 0 atom stereocenters. The van der Waals surface area contributed by atoms with E-state index in [4.69, 9.17) is 4.74 Å². The van der Waals surface area contributed by atoms with Crippen molar-refractivity contribution in [2.75, 3.05) is 0 Å². The molecule has 3 aromatic carbocycles. The molecule has 0 unspecified atom stereocenters.